The monoisotopic (exact) mass is 662 g/mol. The number of methoxy groups -OCH3 is 1. The first-order valence-electron chi connectivity index (χ1n) is 15.6. The van der Waals surface area contributed by atoms with E-state index in [0.717, 1.165) is 48.6 Å². The lowest BCUT2D eigenvalue weighted by Gasteiger charge is -2.25. The number of rotatable bonds is 14. The highest BCUT2D eigenvalue weighted by Gasteiger charge is 2.40. The van der Waals surface area contributed by atoms with Crippen molar-refractivity contribution in [1.82, 2.24) is 10.2 Å². The van der Waals surface area contributed by atoms with Crippen LogP contribution >= 0.6 is 0 Å². The number of sulfone groups is 2. The molecule has 0 bridgehead atoms. The third-order valence-corrected chi connectivity index (χ3v) is 12.3. The maximum absolute atomic E-state index is 13.5. The first-order chi connectivity index (χ1) is 21.3. The summed E-state index contributed by atoms with van der Waals surface area (Å²) in [6.07, 6.45) is 6.60. The number of carboxylic acids is 1. The Morgan fingerprint density at radius 1 is 1.04 bits per heavy atom. The van der Waals surface area contributed by atoms with Crippen LogP contribution in [0.5, 0.6) is 0 Å². The number of nitrogens with zero attached hydrogens (tertiary/aromatic N) is 1. The van der Waals surface area contributed by atoms with Crippen molar-refractivity contribution in [1.29, 1.82) is 0 Å². The number of amides is 1. The van der Waals surface area contributed by atoms with Gasteiger partial charge in [0.25, 0.3) is 5.91 Å². The molecule has 1 heterocycles. The van der Waals surface area contributed by atoms with Crippen molar-refractivity contribution in [3.63, 3.8) is 0 Å². The van der Waals surface area contributed by atoms with Crippen molar-refractivity contribution in [2.45, 2.75) is 75.7 Å². The van der Waals surface area contributed by atoms with Gasteiger partial charge < -0.3 is 15.2 Å². The Morgan fingerprint density at radius 3 is 2.40 bits per heavy atom. The Morgan fingerprint density at radius 2 is 1.76 bits per heavy atom. The largest absolute Gasteiger partial charge is 0.480 e. The van der Waals surface area contributed by atoms with Gasteiger partial charge in [0.05, 0.1) is 23.4 Å². The summed E-state index contributed by atoms with van der Waals surface area (Å²) in [5, 5.41) is 11.7. The van der Waals surface area contributed by atoms with E-state index in [9.17, 15) is 31.5 Å². The van der Waals surface area contributed by atoms with E-state index < -0.39 is 42.8 Å². The molecule has 0 spiro atoms. The smallest absolute Gasteiger partial charge is 0.326 e. The minimum atomic E-state index is -3.42. The first-order valence-corrected chi connectivity index (χ1v) is 19.4. The number of hydrogen-bond donors (Lipinski definition) is 2. The van der Waals surface area contributed by atoms with Gasteiger partial charge in [-0.15, -0.1) is 0 Å². The fraction of sp³-hybridized carbons (Fsp3) is 0.576. The van der Waals surface area contributed by atoms with Gasteiger partial charge in [0.15, 0.2) is 9.84 Å². The lowest BCUT2D eigenvalue weighted by molar-refractivity contribution is -0.139. The van der Waals surface area contributed by atoms with Crippen LogP contribution in [0.4, 0.5) is 0 Å². The van der Waals surface area contributed by atoms with Gasteiger partial charge in [-0.25, -0.2) is 21.6 Å². The summed E-state index contributed by atoms with van der Waals surface area (Å²) in [5.41, 5.74) is 3.47. The second-order valence-corrected chi connectivity index (χ2v) is 17.3. The molecule has 2 N–H and O–H groups in total. The third-order valence-electron chi connectivity index (χ3n) is 9.08. The van der Waals surface area contributed by atoms with E-state index in [1.54, 1.807) is 19.2 Å². The molecule has 1 saturated carbocycles. The number of nitrogens with one attached hydrogen (secondary N) is 1. The lowest BCUT2D eigenvalue weighted by atomic mass is 9.91. The highest BCUT2D eigenvalue weighted by Crippen LogP contribution is 2.33. The molecule has 2 aromatic carbocycles. The summed E-state index contributed by atoms with van der Waals surface area (Å²) < 4.78 is 55.8. The first kappa shape index (κ1) is 35.1. The minimum Gasteiger partial charge on any atom is -0.480 e. The van der Waals surface area contributed by atoms with Crippen molar-refractivity contribution < 1.29 is 36.3 Å². The van der Waals surface area contributed by atoms with Crippen LogP contribution in [0.3, 0.4) is 0 Å². The van der Waals surface area contributed by atoms with Crippen molar-refractivity contribution in [3.05, 3.63) is 59.2 Å². The van der Waals surface area contributed by atoms with Crippen LogP contribution in [0.2, 0.25) is 0 Å². The zero-order valence-corrected chi connectivity index (χ0v) is 28.0. The molecule has 45 heavy (non-hydrogen) atoms. The average molecular weight is 663 g/mol. The SMILES string of the molecule is COCC1C[C@H](S(=O)(=O)CC2CCCCC2)CN1Cc1ccc(C(=O)N[C@H](CCS(C)(=O)=O)C(=O)O)c(-c2ccccc2C)c1. The number of carbonyl (C=O) groups is 2. The summed E-state index contributed by atoms with van der Waals surface area (Å²) in [6, 6.07) is 11.5. The number of aryl methyl sites for hydroxylation is 1. The second-order valence-electron chi connectivity index (χ2n) is 12.7. The lowest BCUT2D eigenvalue weighted by Crippen LogP contribution is -2.42. The molecule has 248 valence electrons. The molecule has 1 aliphatic heterocycles. The Labute approximate surface area is 267 Å². The normalized spacial score (nSPS) is 20.6. The van der Waals surface area contributed by atoms with Gasteiger partial charge in [0, 0.05) is 38.1 Å². The molecule has 2 fully saturated rings. The molecule has 1 saturated heterocycles. The van der Waals surface area contributed by atoms with Gasteiger partial charge in [-0.1, -0.05) is 49.6 Å². The van der Waals surface area contributed by atoms with Crippen LogP contribution in [-0.4, -0.2) is 94.1 Å². The van der Waals surface area contributed by atoms with E-state index in [0.29, 0.717) is 31.7 Å². The van der Waals surface area contributed by atoms with Gasteiger partial charge in [0.2, 0.25) is 0 Å². The molecule has 1 aliphatic carbocycles. The van der Waals surface area contributed by atoms with Crippen LogP contribution in [-0.2, 0) is 35.8 Å². The van der Waals surface area contributed by atoms with Crippen molar-refractivity contribution in [2.75, 3.05) is 38.0 Å². The van der Waals surface area contributed by atoms with Gasteiger partial charge in [-0.05, 0) is 72.9 Å². The molecule has 2 aliphatic rings. The van der Waals surface area contributed by atoms with Gasteiger partial charge in [-0.2, -0.15) is 0 Å². The van der Waals surface area contributed by atoms with E-state index >= 15 is 0 Å². The number of benzene rings is 2. The molecular weight excluding hydrogens is 617 g/mol. The Bertz CT molecular complexity index is 1570. The highest BCUT2D eigenvalue weighted by atomic mass is 32.2. The summed E-state index contributed by atoms with van der Waals surface area (Å²) in [4.78, 5) is 27.5. The minimum absolute atomic E-state index is 0.0720. The molecule has 10 nitrogen and oxygen atoms in total. The fourth-order valence-electron chi connectivity index (χ4n) is 6.62. The summed E-state index contributed by atoms with van der Waals surface area (Å²) in [7, 11) is -5.08. The van der Waals surface area contributed by atoms with Crippen LogP contribution < -0.4 is 5.32 Å². The maximum atomic E-state index is 13.5. The number of ether oxygens (including phenoxy) is 1. The Kier molecular flexibility index (Phi) is 11.8. The molecule has 3 atom stereocenters. The molecule has 1 unspecified atom stereocenters. The zero-order chi connectivity index (χ0) is 32.8. The quantitative estimate of drug-likeness (QED) is 0.308. The van der Waals surface area contributed by atoms with Crippen LogP contribution in [0.1, 0.15) is 66.4 Å². The van der Waals surface area contributed by atoms with Crippen LogP contribution in [0.25, 0.3) is 11.1 Å². The third kappa shape index (κ3) is 9.60. The number of carboxylic acid groups (broad SMARTS) is 1. The van der Waals surface area contributed by atoms with Crippen molar-refractivity contribution in [3.8, 4) is 11.1 Å². The highest BCUT2D eigenvalue weighted by molar-refractivity contribution is 7.92. The van der Waals surface area contributed by atoms with Crippen LogP contribution in [0, 0.1) is 12.8 Å². The number of aliphatic carboxylic acids is 1. The number of hydrogen-bond acceptors (Lipinski definition) is 8. The van der Waals surface area contributed by atoms with E-state index in [1.165, 1.54) is 6.42 Å². The number of likely N-dealkylation sites (tertiary alicyclic amines) is 1. The topological polar surface area (TPSA) is 147 Å². The van der Waals surface area contributed by atoms with Crippen LogP contribution in [0.15, 0.2) is 42.5 Å². The van der Waals surface area contributed by atoms with Gasteiger partial charge in [-0.3, -0.25) is 9.69 Å². The van der Waals surface area contributed by atoms with Crippen molar-refractivity contribution in [2.24, 2.45) is 5.92 Å². The zero-order valence-electron chi connectivity index (χ0n) is 26.4. The van der Waals surface area contributed by atoms with Crippen molar-refractivity contribution >= 4 is 31.6 Å². The average Bonchev–Trinajstić information content (AvgIpc) is 3.38. The molecule has 1 amide bonds. The Hall–Kier alpha value is -2.80. The fourth-order valence-corrected chi connectivity index (χ4v) is 9.48. The predicted octanol–water partition coefficient (Wildman–Crippen LogP) is 3.86. The maximum Gasteiger partial charge on any atom is 0.326 e. The van der Waals surface area contributed by atoms with E-state index in [1.807, 2.05) is 37.3 Å². The number of carbonyl (C=O) groups excluding carboxylic acids is 1. The van der Waals surface area contributed by atoms with E-state index in [2.05, 4.69) is 10.2 Å². The summed E-state index contributed by atoms with van der Waals surface area (Å²) >= 11 is 0. The van der Waals surface area contributed by atoms with E-state index in [-0.39, 0.29) is 35.4 Å². The molecular formula is C33H46N2O8S2. The molecule has 0 radical (unpaired) electrons. The predicted molar refractivity (Wildman–Crippen MR) is 175 cm³/mol. The second kappa shape index (κ2) is 15.2. The molecule has 0 aromatic heterocycles. The van der Waals surface area contributed by atoms with E-state index in [4.69, 9.17) is 4.74 Å². The Balaban J connectivity index is 1.59. The molecule has 12 heteroatoms. The summed E-state index contributed by atoms with van der Waals surface area (Å²) in [6.45, 7) is 3.19. The van der Waals surface area contributed by atoms with Gasteiger partial charge in [0.1, 0.15) is 15.9 Å². The molecule has 2 aromatic rings. The van der Waals surface area contributed by atoms with Gasteiger partial charge >= 0.3 is 5.97 Å². The molecule has 4 rings (SSSR count). The summed E-state index contributed by atoms with van der Waals surface area (Å²) in [5.74, 6) is -1.82. The standard InChI is InChI=1S/C33H46N2O8S2/c1-23-9-7-8-12-28(23)30-17-25(13-14-29(30)32(36)34-31(33(37)38)15-16-44(3,39)40)19-35-20-27(18-26(35)21-43-2)45(41,42)22-24-10-5-4-6-11-24/h7-9,12-14,17,24,26-27,31H,4-6,10-11,15-16,18-22H2,1-3H3,(H,34,36)(H,37,38)/t26?,27-,31+/m0/s1.